The Bertz CT molecular complexity index is 1750. The van der Waals surface area contributed by atoms with Crippen LogP contribution in [0.25, 0.3) is 10.8 Å². The summed E-state index contributed by atoms with van der Waals surface area (Å²) in [5.74, 6) is -3.89. The third kappa shape index (κ3) is 7.24. The summed E-state index contributed by atoms with van der Waals surface area (Å²) in [5, 5.41) is 20.6. The van der Waals surface area contributed by atoms with Crippen LogP contribution in [-0.4, -0.2) is 53.4 Å². The molecule has 1 atom stereocenters. The van der Waals surface area contributed by atoms with Crippen molar-refractivity contribution in [1.29, 1.82) is 0 Å². The SMILES string of the molecule is CCOc1ccccc1S(=O)(=O)N(Cc1ccc(N(C(=O)C(=O)O)C(CC)CC(=O)O)cc1)Cc1cccc2ccccc12. The normalized spacial score (nSPS) is 12.2. The average Bonchev–Trinajstić information content (AvgIpc) is 3.01. The Labute approximate surface area is 256 Å². The Morgan fingerprint density at radius 1 is 0.818 bits per heavy atom. The molecule has 1 amide bonds. The topological polar surface area (TPSA) is 142 Å². The van der Waals surface area contributed by atoms with Crippen molar-refractivity contribution in [3.63, 3.8) is 0 Å². The van der Waals surface area contributed by atoms with E-state index in [0.717, 1.165) is 21.2 Å². The van der Waals surface area contributed by atoms with Gasteiger partial charge in [-0.05, 0) is 59.5 Å². The van der Waals surface area contributed by atoms with E-state index in [1.165, 1.54) is 22.5 Å². The number of ether oxygens (including phenoxy) is 1. The number of nitrogens with zero attached hydrogens (tertiary/aromatic N) is 2. The van der Waals surface area contributed by atoms with Gasteiger partial charge in [-0.3, -0.25) is 14.5 Å². The van der Waals surface area contributed by atoms with E-state index < -0.39 is 40.3 Å². The predicted molar refractivity (Wildman–Crippen MR) is 166 cm³/mol. The molecule has 0 heterocycles. The van der Waals surface area contributed by atoms with Crippen LogP contribution in [0.5, 0.6) is 5.75 Å². The number of anilines is 1. The molecular weight excluding hydrogens is 584 g/mol. The molecule has 0 aliphatic rings. The van der Waals surface area contributed by atoms with Crippen LogP contribution in [0.3, 0.4) is 0 Å². The molecule has 4 aromatic carbocycles. The van der Waals surface area contributed by atoms with Crippen molar-refractivity contribution in [2.75, 3.05) is 11.5 Å². The van der Waals surface area contributed by atoms with Crippen molar-refractivity contribution in [1.82, 2.24) is 4.31 Å². The lowest BCUT2D eigenvalue weighted by Gasteiger charge is -2.29. The van der Waals surface area contributed by atoms with Gasteiger partial charge in [0.25, 0.3) is 0 Å². The second-order valence-electron chi connectivity index (χ2n) is 10.1. The lowest BCUT2D eigenvalue weighted by Crippen LogP contribution is -2.45. The maximum atomic E-state index is 14.2. The number of carbonyl (C=O) groups is 3. The molecule has 0 radical (unpaired) electrons. The minimum absolute atomic E-state index is 0.0244. The summed E-state index contributed by atoms with van der Waals surface area (Å²) in [5.41, 5.74) is 1.56. The van der Waals surface area contributed by atoms with Crippen LogP contribution in [-0.2, 0) is 37.5 Å². The molecule has 0 aliphatic carbocycles. The molecule has 11 heteroatoms. The van der Waals surface area contributed by atoms with Gasteiger partial charge < -0.3 is 14.9 Å². The zero-order chi connectivity index (χ0) is 31.9. The standard InChI is InChI=1S/C33H34N2O8S/c1-3-26(20-31(36)37)35(32(38)33(39)40)27-18-16-23(17-19-27)21-34(22-25-12-9-11-24-10-5-6-13-28(24)25)44(41,42)30-15-8-7-14-29(30)43-4-2/h5-19,26H,3-4,20-22H2,1-2H3,(H,36,37)(H,39,40). The summed E-state index contributed by atoms with van der Waals surface area (Å²) in [4.78, 5) is 36.6. The Balaban J connectivity index is 1.75. The number of sulfonamides is 1. The summed E-state index contributed by atoms with van der Waals surface area (Å²) in [6.45, 7) is 3.72. The van der Waals surface area contributed by atoms with Crippen LogP contribution in [0.15, 0.2) is 95.9 Å². The number of para-hydroxylation sites is 1. The lowest BCUT2D eigenvalue weighted by atomic mass is 10.0. The fraction of sp³-hybridized carbons (Fsp3) is 0.242. The van der Waals surface area contributed by atoms with Crippen molar-refractivity contribution in [3.8, 4) is 5.75 Å². The summed E-state index contributed by atoms with van der Waals surface area (Å²) in [6, 6.07) is 25.2. The summed E-state index contributed by atoms with van der Waals surface area (Å²) >= 11 is 0. The monoisotopic (exact) mass is 618 g/mol. The molecule has 0 saturated carbocycles. The Morgan fingerprint density at radius 2 is 1.48 bits per heavy atom. The second kappa shape index (κ2) is 14.2. The zero-order valence-electron chi connectivity index (χ0n) is 24.4. The van der Waals surface area contributed by atoms with Crippen molar-refractivity contribution in [2.24, 2.45) is 0 Å². The number of aliphatic carboxylic acids is 2. The summed E-state index contributed by atoms with van der Waals surface area (Å²) < 4.78 is 35.4. The summed E-state index contributed by atoms with van der Waals surface area (Å²) in [7, 11) is -4.10. The maximum absolute atomic E-state index is 14.2. The van der Waals surface area contributed by atoms with Gasteiger partial charge in [0.05, 0.1) is 13.0 Å². The number of fused-ring (bicyclic) bond motifs is 1. The first kappa shape index (κ1) is 32.2. The van der Waals surface area contributed by atoms with Crippen LogP contribution in [0.1, 0.15) is 37.8 Å². The van der Waals surface area contributed by atoms with Crippen molar-refractivity contribution >= 4 is 44.3 Å². The highest BCUT2D eigenvalue weighted by Crippen LogP contribution is 2.31. The molecule has 230 valence electrons. The number of carboxylic acids is 2. The largest absolute Gasteiger partial charge is 0.492 e. The lowest BCUT2D eigenvalue weighted by molar-refractivity contribution is -0.149. The van der Waals surface area contributed by atoms with E-state index in [1.54, 1.807) is 44.2 Å². The minimum Gasteiger partial charge on any atom is -0.492 e. The molecule has 2 N–H and O–H groups in total. The van der Waals surface area contributed by atoms with Gasteiger partial charge >= 0.3 is 17.8 Å². The number of carbonyl (C=O) groups excluding carboxylic acids is 1. The van der Waals surface area contributed by atoms with Gasteiger partial charge in [-0.2, -0.15) is 4.31 Å². The molecule has 4 aromatic rings. The number of rotatable bonds is 13. The maximum Gasteiger partial charge on any atom is 0.394 e. The molecule has 44 heavy (non-hydrogen) atoms. The van der Waals surface area contributed by atoms with E-state index in [4.69, 9.17) is 4.74 Å². The smallest absolute Gasteiger partial charge is 0.394 e. The first-order chi connectivity index (χ1) is 21.1. The van der Waals surface area contributed by atoms with Crippen LogP contribution in [0, 0.1) is 0 Å². The van der Waals surface area contributed by atoms with Crippen LogP contribution in [0.4, 0.5) is 5.69 Å². The molecule has 4 rings (SSSR count). The first-order valence-electron chi connectivity index (χ1n) is 14.1. The Hall–Kier alpha value is -4.74. The zero-order valence-corrected chi connectivity index (χ0v) is 25.2. The second-order valence-corrected chi connectivity index (χ2v) is 12.0. The third-order valence-electron chi connectivity index (χ3n) is 7.22. The molecule has 10 nitrogen and oxygen atoms in total. The van der Waals surface area contributed by atoms with Gasteiger partial charge in [0.15, 0.2) is 0 Å². The number of hydrogen-bond acceptors (Lipinski definition) is 6. The van der Waals surface area contributed by atoms with E-state index in [0.29, 0.717) is 5.56 Å². The number of hydrogen-bond donors (Lipinski definition) is 2. The highest BCUT2D eigenvalue weighted by molar-refractivity contribution is 7.89. The molecule has 0 bridgehead atoms. The fourth-order valence-electron chi connectivity index (χ4n) is 5.11. The van der Waals surface area contributed by atoms with Gasteiger partial charge in [0.1, 0.15) is 10.6 Å². The first-order valence-corrected chi connectivity index (χ1v) is 15.6. The van der Waals surface area contributed by atoms with E-state index in [1.807, 2.05) is 42.5 Å². The molecule has 0 fully saturated rings. The van der Waals surface area contributed by atoms with Gasteiger partial charge in [-0.15, -0.1) is 0 Å². The fourth-order valence-corrected chi connectivity index (χ4v) is 6.64. The van der Waals surface area contributed by atoms with Gasteiger partial charge in [0, 0.05) is 24.8 Å². The van der Waals surface area contributed by atoms with Crippen molar-refractivity contribution < 1.29 is 37.8 Å². The van der Waals surface area contributed by atoms with E-state index in [-0.39, 0.29) is 42.4 Å². The highest BCUT2D eigenvalue weighted by Gasteiger charge is 2.31. The highest BCUT2D eigenvalue weighted by atomic mass is 32.2. The Morgan fingerprint density at radius 3 is 2.14 bits per heavy atom. The third-order valence-corrected chi connectivity index (χ3v) is 9.05. The van der Waals surface area contributed by atoms with Crippen molar-refractivity contribution in [2.45, 2.75) is 50.7 Å². The Kier molecular flexibility index (Phi) is 10.4. The molecule has 0 aliphatic heterocycles. The number of carboxylic acid groups (broad SMARTS) is 2. The number of benzene rings is 4. The van der Waals surface area contributed by atoms with E-state index in [2.05, 4.69) is 0 Å². The number of amides is 1. The molecule has 0 saturated heterocycles. The molecule has 1 unspecified atom stereocenters. The average molecular weight is 619 g/mol. The van der Waals surface area contributed by atoms with E-state index in [9.17, 15) is 33.0 Å². The van der Waals surface area contributed by atoms with E-state index >= 15 is 0 Å². The molecule has 0 aromatic heterocycles. The minimum atomic E-state index is -4.10. The molecule has 0 spiro atoms. The van der Waals surface area contributed by atoms with Gasteiger partial charge in [0.2, 0.25) is 10.0 Å². The van der Waals surface area contributed by atoms with Gasteiger partial charge in [-0.1, -0.05) is 73.7 Å². The van der Waals surface area contributed by atoms with Crippen molar-refractivity contribution in [3.05, 3.63) is 102 Å². The van der Waals surface area contributed by atoms with Crippen LogP contribution < -0.4 is 9.64 Å². The quantitative estimate of drug-likeness (QED) is 0.192. The molecular formula is C33H34N2O8S. The van der Waals surface area contributed by atoms with Crippen LogP contribution in [0.2, 0.25) is 0 Å². The van der Waals surface area contributed by atoms with Crippen LogP contribution >= 0.6 is 0 Å². The predicted octanol–water partition coefficient (Wildman–Crippen LogP) is 5.30. The summed E-state index contributed by atoms with van der Waals surface area (Å²) in [6.07, 6.45) is -0.225. The van der Waals surface area contributed by atoms with Gasteiger partial charge in [-0.25, -0.2) is 13.2 Å².